The normalized spacial score (nSPS) is 25.4. The van der Waals surface area contributed by atoms with Gasteiger partial charge in [0.05, 0.1) is 18.1 Å². The molecule has 0 bridgehead atoms. The molecule has 3 rings (SSSR count). The van der Waals surface area contributed by atoms with Crippen LogP contribution in [0.5, 0.6) is 0 Å². The molecule has 0 radical (unpaired) electrons. The first kappa shape index (κ1) is 15.6. The second kappa shape index (κ2) is 5.14. The molecule has 1 atom stereocenters. The summed E-state index contributed by atoms with van der Waals surface area (Å²) in [7, 11) is 1.36. The molecule has 22 heavy (non-hydrogen) atoms. The zero-order chi connectivity index (χ0) is 16.1. The molecule has 6 heteroatoms. The summed E-state index contributed by atoms with van der Waals surface area (Å²) in [6, 6.07) is 5.35. The van der Waals surface area contributed by atoms with Gasteiger partial charge in [-0.2, -0.15) is 0 Å². The standard InChI is InChI=1S/C16H17Cl2NO3/c1-15(9-16(15,17)18)14(21)19-8-4-6-10-11(13(20)22-2)5-3-7-12(10)19/h3,5,7H,4,6,8-9H2,1-2H3/t15-/m0/s1. The molecule has 1 aliphatic carbocycles. The van der Waals surface area contributed by atoms with Crippen LogP contribution in [0.4, 0.5) is 5.69 Å². The lowest BCUT2D eigenvalue weighted by atomic mass is 9.94. The van der Waals surface area contributed by atoms with E-state index in [4.69, 9.17) is 27.9 Å². The molecule has 1 aromatic rings. The number of ether oxygens (including phenoxy) is 1. The van der Waals surface area contributed by atoms with Crippen LogP contribution in [0.3, 0.4) is 0 Å². The van der Waals surface area contributed by atoms with Crippen molar-refractivity contribution in [1.29, 1.82) is 0 Å². The number of fused-ring (bicyclic) bond motifs is 1. The minimum Gasteiger partial charge on any atom is -0.465 e. The van der Waals surface area contributed by atoms with Gasteiger partial charge in [-0.1, -0.05) is 6.07 Å². The van der Waals surface area contributed by atoms with Gasteiger partial charge in [0.1, 0.15) is 4.33 Å². The van der Waals surface area contributed by atoms with E-state index in [1.54, 1.807) is 24.0 Å². The van der Waals surface area contributed by atoms with Gasteiger partial charge in [0.25, 0.3) is 0 Å². The van der Waals surface area contributed by atoms with E-state index in [-0.39, 0.29) is 11.9 Å². The van der Waals surface area contributed by atoms with Crippen molar-refractivity contribution in [2.45, 2.75) is 30.5 Å². The van der Waals surface area contributed by atoms with Crippen LogP contribution in [0.2, 0.25) is 0 Å². The van der Waals surface area contributed by atoms with Crippen molar-refractivity contribution in [2.75, 3.05) is 18.6 Å². The third-order valence-corrected chi connectivity index (χ3v) is 5.73. The van der Waals surface area contributed by atoms with Gasteiger partial charge < -0.3 is 9.64 Å². The van der Waals surface area contributed by atoms with E-state index in [1.165, 1.54) is 7.11 Å². The Bertz CT molecular complexity index is 659. The molecule has 0 unspecified atom stereocenters. The zero-order valence-corrected chi connectivity index (χ0v) is 14.0. The Balaban J connectivity index is 1.99. The molecule has 1 aliphatic heterocycles. The Morgan fingerprint density at radius 1 is 1.32 bits per heavy atom. The van der Waals surface area contributed by atoms with Crippen molar-refractivity contribution in [3.8, 4) is 0 Å². The van der Waals surface area contributed by atoms with Gasteiger partial charge in [-0.15, -0.1) is 23.2 Å². The maximum Gasteiger partial charge on any atom is 0.338 e. The number of rotatable bonds is 2. The smallest absolute Gasteiger partial charge is 0.338 e. The highest BCUT2D eigenvalue weighted by molar-refractivity contribution is 6.53. The number of nitrogens with zero attached hydrogens (tertiary/aromatic N) is 1. The van der Waals surface area contributed by atoms with Crippen LogP contribution in [-0.4, -0.2) is 29.9 Å². The topological polar surface area (TPSA) is 46.6 Å². The summed E-state index contributed by atoms with van der Waals surface area (Å²) < 4.78 is 3.83. The summed E-state index contributed by atoms with van der Waals surface area (Å²) >= 11 is 12.3. The lowest BCUT2D eigenvalue weighted by Crippen LogP contribution is -2.41. The number of hydrogen-bond acceptors (Lipinski definition) is 3. The van der Waals surface area contributed by atoms with Crippen LogP contribution in [0.15, 0.2) is 18.2 Å². The van der Waals surface area contributed by atoms with Crippen LogP contribution in [0, 0.1) is 5.41 Å². The van der Waals surface area contributed by atoms with E-state index in [9.17, 15) is 9.59 Å². The van der Waals surface area contributed by atoms with Crippen molar-refractivity contribution in [1.82, 2.24) is 0 Å². The van der Waals surface area contributed by atoms with Crippen LogP contribution >= 0.6 is 23.2 Å². The lowest BCUT2D eigenvalue weighted by molar-refractivity contribution is -0.123. The number of hydrogen-bond donors (Lipinski definition) is 0. The van der Waals surface area contributed by atoms with Gasteiger partial charge in [0.2, 0.25) is 5.91 Å². The first-order valence-electron chi connectivity index (χ1n) is 7.22. The Labute approximate surface area is 139 Å². The monoisotopic (exact) mass is 341 g/mol. The van der Waals surface area contributed by atoms with Crippen LogP contribution in [-0.2, 0) is 16.0 Å². The van der Waals surface area contributed by atoms with Crippen LogP contribution < -0.4 is 4.90 Å². The van der Waals surface area contributed by atoms with E-state index in [2.05, 4.69) is 0 Å². The molecule has 1 saturated carbocycles. The van der Waals surface area contributed by atoms with Crippen molar-refractivity contribution < 1.29 is 14.3 Å². The van der Waals surface area contributed by atoms with E-state index in [0.29, 0.717) is 18.5 Å². The molecular formula is C16H17Cl2NO3. The number of carbonyl (C=O) groups is 2. The molecular weight excluding hydrogens is 325 g/mol. The number of halogens is 2. The Kier molecular flexibility index (Phi) is 3.65. The first-order chi connectivity index (χ1) is 10.3. The molecule has 0 aromatic heterocycles. The lowest BCUT2D eigenvalue weighted by Gasteiger charge is -2.32. The van der Waals surface area contributed by atoms with Gasteiger partial charge in [-0.3, -0.25) is 4.79 Å². The Morgan fingerprint density at radius 3 is 2.59 bits per heavy atom. The van der Waals surface area contributed by atoms with Crippen molar-refractivity contribution >= 4 is 40.8 Å². The molecule has 0 saturated heterocycles. The summed E-state index contributed by atoms with van der Waals surface area (Å²) in [5.74, 6) is -0.465. The Hall–Kier alpha value is -1.26. The average Bonchev–Trinajstić information content (AvgIpc) is 3.04. The average molecular weight is 342 g/mol. The highest BCUT2D eigenvalue weighted by Gasteiger charge is 2.69. The number of amides is 1. The van der Waals surface area contributed by atoms with E-state index in [1.807, 2.05) is 6.07 Å². The second-order valence-electron chi connectivity index (χ2n) is 6.07. The summed E-state index contributed by atoms with van der Waals surface area (Å²) in [5.41, 5.74) is 1.37. The molecule has 1 aromatic carbocycles. The van der Waals surface area contributed by atoms with Gasteiger partial charge in [0, 0.05) is 12.2 Å². The van der Waals surface area contributed by atoms with E-state index in [0.717, 1.165) is 24.1 Å². The fourth-order valence-corrected chi connectivity index (χ4v) is 3.76. The number of benzene rings is 1. The molecule has 118 valence electrons. The molecule has 2 aliphatic rings. The quantitative estimate of drug-likeness (QED) is 0.612. The fourth-order valence-electron chi connectivity index (χ4n) is 3.07. The number of methoxy groups -OCH3 is 1. The molecule has 0 spiro atoms. The molecule has 1 heterocycles. The van der Waals surface area contributed by atoms with Crippen LogP contribution in [0.1, 0.15) is 35.7 Å². The number of esters is 1. The molecule has 0 N–H and O–H groups in total. The van der Waals surface area contributed by atoms with Gasteiger partial charge in [-0.25, -0.2) is 4.79 Å². The van der Waals surface area contributed by atoms with E-state index < -0.39 is 9.75 Å². The maximum absolute atomic E-state index is 12.9. The zero-order valence-electron chi connectivity index (χ0n) is 12.5. The van der Waals surface area contributed by atoms with Gasteiger partial charge >= 0.3 is 5.97 Å². The summed E-state index contributed by atoms with van der Waals surface area (Å²) in [5, 5.41) is 0. The summed E-state index contributed by atoms with van der Waals surface area (Å²) in [4.78, 5) is 26.5. The first-order valence-corrected chi connectivity index (χ1v) is 7.97. The number of carbonyl (C=O) groups excluding carboxylic acids is 2. The molecule has 1 amide bonds. The SMILES string of the molecule is COC(=O)c1cccc2c1CCCN2C(=O)[C@]1(C)CC1(Cl)Cl. The fraction of sp³-hybridized carbons (Fsp3) is 0.500. The second-order valence-corrected chi connectivity index (χ2v) is 7.55. The van der Waals surface area contributed by atoms with E-state index >= 15 is 0 Å². The summed E-state index contributed by atoms with van der Waals surface area (Å²) in [6.07, 6.45) is 1.98. The predicted molar refractivity (Wildman–Crippen MR) is 85.6 cm³/mol. The minimum atomic E-state index is -0.998. The van der Waals surface area contributed by atoms with Crippen molar-refractivity contribution in [3.63, 3.8) is 0 Å². The highest BCUT2D eigenvalue weighted by Crippen LogP contribution is 2.64. The number of anilines is 1. The Morgan fingerprint density at radius 2 is 2.00 bits per heavy atom. The summed E-state index contributed by atoms with van der Waals surface area (Å²) in [6.45, 7) is 2.39. The van der Waals surface area contributed by atoms with Crippen LogP contribution in [0.25, 0.3) is 0 Å². The van der Waals surface area contributed by atoms with Gasteiger partial charge in [-0.05, 0) is 43.9 Å². The minimum absolute atomic E-state index is 0.0829. The van der Waals surface area contributed by atoms with Crippen molar-refractivity contribution in [3.05, 3.63) is 29.3 Å². The highest BCUT2D eigenvalue weighted by atomic mass is 35.5. The maximum atomic E-state index is 12.9. The third kappa shape index (κ3) is 2.20. The molecule has 1 fully saturated rings. The number of alkyl halides is 2. The van der Waals surface area contributed by atoms with Crippen molar-refractivity contribution in [2.24, 2.45) is 5.41 Å². The predicted octanol–water partition coefficient (Wildman–Crippen LogP) is 3.34. The largest absolute Gasteiger partial charge is 0.465 e. The third-order valence-electron chi connectivity index (χ3n) is 4.63. The molecule has 4 nitrogen and oxygen atoms in total. The van der Waals surface area contributed by atoms with Gasteiger partial charge in [0.15, 0.2) is 0 Å².